The third-order valence-corrected chi connectivity index (χ3v) is 8.44. The molecule has 2 unspecified atom stereocenters. The Kier molecular flexibility index (Phi) is 7.13. The van der Waals surface area contributed by atoms with E-state index in [-0.39, 0.29) is 36.0 Å². The second-order valence-corrected chi connectivity index (χ2v) is 10.7. The number of ether oxygens (including phenoxy) is 2. The average molecular weight is 489 g/mol. The number of amides is 1. The molecule has 1 amide bonds. The zero-order valence-corrected chi connectivity index (χ0v) is 20.8. The lowest BCUT2D eigenvalue weighted by atomic mass is 9.96. The number of aryl methyl sites for hydroxylation is 2. The van der Waals surface area contributed by atoms with E-state index < -0.39 is 10.0 Å². The highest BCUT2D eigenvalue weighted by Gasteiger charge is 2.36. The van der Waals surface area contributed by atoms with Crippen LogP contribution in [0.2, 0.25) is 0 Å². The highest BCUT2D eigenvalue weighted by atomic mass is 32.2. The summed E-state index contributed by atoms with van der Waals surface area (Å²) in [7, 11) is -0.740. The number of benzene rings is 2. The number of hydrogen-bond acceptors (Lipinski definition) is 7. The van der Waals surface area contributed by atoms with Gasteiger partial charge in [-0.3, -0.25) is 4.79 Å². The van der Waals surface area contributed by atoms with E-state index in [4.69, 9.17) is 9.47 Å². The molecule has 2 heterocycles. The van der Waals surface area contributed by atoms with E-state index in [0.717, 1.165) is 0 Å². The van der Waals surface area contributed by atoms with Gasteiger partial charge in [0.2, 0.25) is 15.9 Å². The number of hydrogen-bond donors (Lipinski definition) is 2. The standard InChI is InChI=1S/C24H32N4O5S/c1-16-5-7-19(17(2)13-16)20-15-21(26-25-20)24(29)27-9-11-28(12-10-27)34(30,31)18-6-8-22(32-3)23(14-18)33-4/h5-8,13-14,20-21,25-26H,9-12,15H2,1-4H3. The third kappa shape index (κ3) is 4.76. The zero-order valence-electron chi connectivity index (χ0n) is 20.0. The summed E-state index contributed by atoms with van der Waals surface area (Å²) in [5, 5.41) is 0. The topological polar surface area (TPSA) is 100 Å². The first kappa shape index (κ1) is 24.5. The Morgan fingerprint density at radius 3 is 2.29 bits per heavy atom. The van der Waals surface area contributed by atoms with E-state index in [2.05, 4.69) is 42.9 Å². The molecule has 2 atom stereocenters. The quantitative estimate of drug-likeness (QED) is 0.639. The van der Waals surface area contributed by atoms with E-state index in [1.807, 2.05) is 0 Å². The van der Waals surface area contributed by atoms with Gasteiger partial charge in [0.1, 0.15) is 6.04 Å². The first-order valence-electron chi connectivity index (χ1n) is 11.3. The number of methoxy groups -OCH3 is 2. The molecule has 0 bridgehead atoms. The highest BCUT2D eigenvalue weighted by Crippen LogP contribution is 2.31. The maximum atomic E-state index is 13.1. The van der Waals surface area contributed by atoms with E-state index in [0.29, 0.717) is 31.0 Å². The number of nitrogens with zero attached hydrogens (tertiary/aromatic N) is 2. The highest BCUT2D eigenvalue weighted by molar-refractivity contribution is 7.89. The number of nitrogens with one attached hydrogen (secondary N) is 2. The number of carbonyl (C=O) groups is 1. The SMILES string of the molecule is COc1ccc(S(=O)(=O)N2CCN(C(=O)C3CC(c4ccc(C)cc4C)NN3)CC2)cc1OC. The Hall–Kier alpha value is -2.66. The smallest absolute Gasteiger partial charge is 0.243 e. The Bertz CT molecular complexity index is 1160. The molecule has 34 heavy (non-hydrogen) atoms. The molecule has 2 aromatic rings. The number of hydrazine groups is 1. The molecule has 2 aliphatic heterocycles. The van der Waals surface area contributed by atoms with Crippen LogP contribution >= 0.6 is 0 Å². The normalized spacial score (nSPS) is 21.5. The number of rotatable bonds is 6. The summed E-state index contributed by atoms with van der Waals surface area (Å²) in [6.45, 7) is 5.31. The van der Waals surface area contributed by atoms with Crippen molar-refractivity contribution in [1.82, 2.24) is 20.1 Å². The van der Waals surface area contributed by atoms with Crippen LogP contribution in [-0.2, 0) is 14.8 Å². The van der Waals surface area contributed by atoms with Gasteiger partial charge in [0, 0.05) is 38.3 Å². The van der Waals surface area contributed by atoms with Crippen molar-refractivity contribution in [1.29, 1.82) is 0 Å². The molecule has 2 N–H and O–H groups in total. The minimum atomic E-state index is -3.71. The molecule has 2 fully saturated rings. The number of sulfonamides is 1. The Balaban J connectivity index is 1.37. The lowest BCUT2D eigenvalue weighted by Gasteiger charge is -2.35. The molecule has 0 aromatic heterocycles. The maximum absolute atomic E-state index is 13.1. The van der Waals surface area contributed by atoms with E-state index >= 15 is 0 Å². The average Bonchev–Trinajstić information content (AvgIpc) is 3.33. The van der Waals surface area contributed by atoms with Crippen LogP contribution in [0.25, 0.3) is 0 Å². The van der Waals surface area contributed by atoms with Gasteiger partial charge in [-0.05, 0) is 43.5 Å². The van der Waals surface area contributed by atoms with Crippen molar-refractivity contribution in [3.63, 3.8) is 0 Å². The fourth-order valence-electron chi connectivity index (χ4n) is 4.63. The van der Waals surface area contributed by atoms with Gasteiger partial charge >= 0.3 is 0 Å². The molecule has 4 rings (SSSR count). The van der Waals surface area contributed by atoms with Crippen LogP contribution in [0.3, 0.4) is 0 Å². The third-order valence-electron chi connectivity index (χ3n) is 6.55. The fourth-order valence-corrected chi connectivity index (χ4v) is 6.07. The minimum Gasteiger partial charge on any atom is -0.493 e. The molecule has 2 saturated heterocycles. The first-order valence-corrected chi connectivity index (χ1v) is 12.8. The molecule has 9 nitrogen and oxygen atoms in total. The Morgan fingerprint density at radius 2 is 1.65 bits per heavy atom. The second-order valence-electron chi connectivity index (χ2n) is 8.74. The Morgan fingerprint density at radius 1 is 0.941 bits per heavy atom. The van der Waals surface area contributed by atoms with E-state index in [1.165, 1.54) is 47.3 Å². The van der Waals surface area contributed by atoms with E-state index in [9.17, 15) is 13.2 Å². The predicted molar refractivity (Wildman–Crippen MR) is 128 cm³/mol. The van der Waals surface area contributed by atoms with Crippen molar-refractivity contribution in [3.8, 4) is 11.5 Å². The van der Waals surface area contributed by atoms with Crippen molar-refractivity contribution in [2.75, 3.05) is 40.4 Å². The summed E-state index contributed by atoms with van der Waals surface area (Å²) in [6, 6.07) is 10.6. The minimum absolute atomic E-state index is 0.0112. The zero-order chi connectivity index (χ0) is 24.5. The lowest BCUT2D eigenvalue weighted by Crippen LogP contribution is -2.54. The van der Waals surface area contributed by atoms with Crippen molar-refractivity contribution in [3.05, 3.63) is 53.1 Å². The lowest BCUT2D eigenvalue weighted by molar-refractivity contribution is -0.134. The predicted octanol–water partition coefficient (Wildman–Crippen LogP) is 1.76. The van der Waals surface area contributed by atoms with Crippen LogP contribution in [0.15, 0.2) is 41.3 Å². The van der Waals surface area contributed by atoms with Crippen LogP contribution in [0.4, 0.5) is 0 Å². The van der Waals surface area contributed by atoms with Gasteiger partial charge in [-0.2, -0.15) is 4.31 Å². The molecule has 2 aliphatic rings. The van der Waals surface area contributed by atoms with Crippen molar-refractivity contribution in [2.45, 2.75) is 37.2 Å². The fraction of sp³-hybridized carbons (Fsp3) is 0.458. The van der Waals surface area contributed by atoms with Crippen molar-refractivity contribution >= 4 is 15.9 Å². The monoisotopic (exact) mass is 488 g/mol. The van der Waals surface area contributed by atoms with Crippen LogP contribution < -0.4 is 20.3 Å². The molecular weight excluding hydrogens is 456 g/mol. The van der Waals surface area contributed by atoms with Gasteiger partial charge in [0.15, 0.2) is 11.5 Å². The van der Waals surface area contributed by atoms with Gasteiger partial charge in [-0.25, -0.2) is 19.3 Å². The van der Waals surface area contributed by atoms with Crippen LogP contribution in [0.5, 0.6) is 11.5 Å². The molecule has 0 aliphatic carbocycles. The summed E-state index contributed by atoms with van der Waals surface area (Å²) < 4.78 is 38.2. The Labute approximate surface area is 201 Å². The number of piperazine rings is 1. The summed E-state index contributed by atoms with van der Waals surface area (Å²) in [6.07, 6.45) is 0.646. The molecule has 184 valence electrons. The largest absolute Gasteiger partial charge is 0.493 e. The molecule has 0 radical (unpaired) electrons. The molecule has 2 aromatic carbocycles. The summed E-state index contributed by atoms with van der Waals surface area (Å²) in [5.74, 6) is 0.812. The van der Waals surface area contributed by atoms with Crippen molar-refractivity contribution in [2.24, 2.45) is 0 Å². The van der Waals surface area contributed by atoms with Gasteiger partial charge in [-0.1, -0.05) is 23.8 Å². The van der Waals surface area contributed by atoms with E-state index in [1.54, 1.807) is 11.0 Å². The molecule has 10 heteroatoms. The van der Waals surface area contributed by atoms with Crippen molar-refractivity contribution < 1.29 is 22.7 Å². The molecule has 0 spiro atoms. The van der Waals surface area contributed by atoms with Gasteiger partial charge < -0.3 is 14.4 Å². The van der Waals surface area contributed by atoms with Crippen LogP contribution in [0, 0.1) is 13.8 Å². The maximum Gasteiger partial charge on any atom is 0.243 e. The number of carbonyl (C=O) groups excluding carboxylic acids is 1. The summed E-state index contributed by atoms with van der Waals surface area (Å²) in [5.41, 5.74) is 9.97. The molecule has 0 saturated carbocycles. The van der Waals surface area contributed by atoms with Crippen LogP contribution in [-0.4, -0.2) is 70.0 Å². The van der Waals surface area contributed by atoms with Crippen LogP contribution in [0.1, 0.15) is 29.2 Å². The van der Waals surface area contributed by atoms with Gasteiger partial charge in [0.25, 0.3) is 0 Å². The van der Waals surface area contributed by atoms with Gasteiger partial charge in [0.05, 0.1) is 19.1 Å². The summed E-state index contributed by atoms with van der Waals surface area (Å²) >= 11 is 0. The first-order chi connectivity index (χ1) is 16.2. The summed E-state index contributed by atoms with van der Waals surface area (Å²) in [4.78, 5) is 15.0. The molecular formula is C24H32N4O5S. The second kappa shape index (κ2) is 9.91. The van der Waals surface area contributed by atoms with Gasteiger partial charge in [-0.15, -0.1) is 0 Å².